The van der Waals surface area contributed by atoms with Gasteiger partial charge in [-0.3, -0.25) is 14.9 Å². The predicted octanol–water partition coefficient (Wildman–Crippen LogP) is 0.475. The molecule has 0 aromatic heterocycles. The average Bonchev–Trinajstić information content (AvgIpc) is 2.22. The van der Waals surface area contributed by atoms with E-state index < -0.39 is 17.6 Å². The summed E-state index contributed by atoms with van der Waals surface area (Å²) in [4.78, 5) is 23.9. The summed E-state index contributed by atoms with van der Waals surface area (Å²) < 4.78 is 13.8. The van der Waals surface area contributed by atoms with Crippen LogP contribution in [0.1, 0.15) is 0 Å². The fourth-order valence-electron chi connectivity index (χ4n) is 1.63. The number of carbonyl (C=O) groups excluding carboxylic acids is 2. The Bertz CT molecular complexity index is 491. The second-order valence-corrected chi connectivity index (χ2v) is 4.81. The summed E-state index contributed by atoms with van der Waals surface area (Å²) in [6.45, 7) is -0.00799. The zero-order chi connectivity index (χ0) is 12.6. The van der Waals surface area contributed by atoms with Gasteiger partial charge in [0.05, 0.1) is 28.0 Å². The number of carbonyl (C=O) groups is 2. The fraction of sp³-hybridized carbons (Fsp3) is 0.200. The molecule has 7 heteroatoms. The summed E-state index contributed by atoms with van der Waals surface area (Å²) in [5, 5.41) is 2.17. The summed E-state index contributed by atoms with van der Waals surface area (Å²) in [6, 6.07) is 2.71. The topological polar surface area (TPSA) is 75.4 Å². The summed E-state index contributed by atoms with van der Waals surface area (Å²) in [5.41, 5.74) is 6.47. The monoisotopic (exact) mass is 349 g/mol. The Morgan fingerprint density at radius 1 is 1.29 bits per heavy atom. The van der Waals surface area contributed by atoms with Gasteiger partial charge in [0.1, 0.15) is 5.82 Å². The SMILES string of the molecule is Nc1cc(I)c(F)cc1N1CC(=O)NC(=O)C1. The Kier molecular flexibility index (Phi) is 3.18. The van der Waals surface area contributed by atoms with E-state index in [0.717, 1.165) is 0 Å². The van der Waals surface area contributed by atoms with Crippen LogP contribution in [0.5, 0.6) is 0 Å². The maximum atomic E-state index is 13.4. The highest BCUT2D eigenvalue weighted by molar-refractivity contribution is 14.1. The van der Waals surface area contributed by atoms with Crippen molar-refractivity contribution in [3.05, 3.63) is 21.5 Å². The molecule has 90 valence electrons. The number of halogens is 2. The van der Waals surface area contributed by atoms with E-state index in [1.807, 2.05) is 22.6 Å². The summed E-state index contributed by atoms with van der Waals surface area (Å²) >= 11 is 1.83. The maximum absolute atomic E-state index is 13.4. The van der Waals surface area contributed by atoms with Gasteiger partial charge < -0.3 is 10.6 Å². The molecule has 2 rings (SSSR count). The van der Waals surface area contributed by atoms with Crippen molar-refractivity contribution in [1.29, 1.82) is 0 Å². The Morgan fingerprint density at radius 2 is 1.88 bits per heavy atom. The molecule has 3 N–H and O–H groups in total. The van der Waals surface area contributed by atoms with Gasteiger partial charge in [0.2, 0.25) is 11.8 Å². The third-order valence-electron chi connectivity index (χ3n) is 2.36. The van der Waals surface area contributed by atoms with Gasteiger partial charge in [-0.25, -0.2) is 4.39 Å². The fourth-order valence-corrected chi connectivity index (χ4v) is 2.12. The highest BCUT2D eigenvalue weighted by Crippen LogP contribution is 2.27. The van der Waals surface area contributed by atoms with Gasteiger partial charge in [-0.2, -0.15) is 0 Å². The van der Waals surface area contributed by atoms with Crippen LogP contribution in [0.25, 0.3) is 0 Å². The average molecular weight is 349 g/mol. The maximum Gasteiger partial charge on any atom is 0.246 e. The number of nitrogen functional groups attached to an aromatic ring is 1. The molecule has 1 aromatic rings. The van der Waals surface area contributed by atoms with Crippen molar-refractivity contribution in [2.45, 2.75) is 0 Å². The van der Waals surface area contributed by atoms with Gasteiger partial charge >= 0.3 is 0 Å². The molecule has 0 aliphatic carbocycles. The first-order chi connectivity index (χ1) is 7.97. The van der Waals surface area contributed by atoms with Crippen LogP contribution in [0.2, 0.25) is 0 Å². The van der Waals surface area contributed by atoms with Crippen molar-refractivity contribution >= 4 is 45.8 Å². The summed E-state index contributed by atoms with van der Waals surface area (Å²) in [7, 11) is 0. The molecule has 1 aromatic carbocycles. The number of nitrogens with zero attached hydrogens (tertiary/aromatic N) is 1. The van der Waals surface area contributed by atoms with Crippen LogP contribution in [-0.2, 0) is 9.59 Å². The van der Waals surface area contributed by atoms with Crippen LogP contribution in [0.4, 0.5) is 15.8 Å². The van der Waals surface area contributed by atoms with E-state index >= 15 is 0 Å². The number of hydrogen-bond acceptors (Lipinski definition) is 4. The Labute approximate surface area is 110 Å². The molecular weight excluding hydrogens is 340 g/mol. The van der Waals surface area contributed by atoms with Crippen LogP contribution < -0.4 is 16.0 Å². The van der Waals surface area contributed by atoms with E-state index in [0.29, 0.717) is 14.9 Å². The lowest BCUT2D eigenvalue weighted by molar-refractivity contribution is -0.130. The van der Waals surface area contributed by atoms with E-state index in [4.69, 9.17) is 5.73 Å². The van der Waals surface area contributed by atoms with E-state index in [-0.39, 0.29) is 13.1 Å². The van der Waals surface area contributed by atoms with Crippen LogP contribution in [0.15, 0.2) is 12.1 Å². The van der Waals surface area contributed by atoms with Crippen LogP contribution in [-0.4, -0.2) is 24.9 Å². The van der Waals surface area contributed by atoms with E-state index in [1.165, 1.54) is 17.0 Å². The molecule has 0 bridgehead atoms. The largest absolute Gasteiger partial charge is 0.397 e. The molecule has 0 radical (unpaired) electrons. The van der Waals surface area contributed by atoms with Gasteiger partial charge in [0.15, 0.2) is 0 Å². The van der Waals surface area contributed by atoms with Crippen LogP contribution in [0, 0.1) is 9.39 Å². The summed E-state index contributed by atoms with van der Waals surface area (Å²) in [6.07, 6.45) is 0. The molecule has 0 spiro atoms. The molecule has 2 amide bonds. The van der Waals surface area contributed by atoms with Crippen LogP contribution in [0.3, 0.4) is 0 Å². The van der Waals surface area contributed by atoms with Crippen molar-refractivity contribution in [3.8, 4) is 0 Å². The first-order valence-electron chi connectivity index (χ1n) is 4.79. The highest BCUT2D eigenvalue weighted by Gasteiger charge is 2.24. The Balaban J connectivity index is 2.36. The smallest absolute Gasteiger partial charge is 0.246 e. The lowest BCUT2D eigenvalue weighted by atomic mass is 10.2. The van der Waals surface area contributed by atoms with Gasteiger partial charge in [-0.1, -0.05) is 0 Å². The number of imide groups is 1. The Hall–Kier alpha value is -1.38. The number of hydrogen-bond donors (Lipinski definition) is 2. The first-order valence-corrected chi connectivity index (χ1v) is 5.87. The van der Waals surface area contributed by atoms with Gasteiger partial charge in [0, 0.05) is 6.07 Å². The minimum absolute atomic E-state index is 0.00400. The van der Waals surface area contributed by atoms with Gasteiger partial charge in [-0.05, 0) is 28.7 Å². The van der Waals surface area contributed by atoms with Gasteiger partial charge in [0.25, 0.3) is 0 Å². The number of benzene rings is 1. The molecule has 1 aliphatic rings. The van der Waals surface area contributed by atoms with Crippen molar-refractivity contribution in [2.24, 2.45) is 0 Å². The molecule has 5 nitrogen and oxygen atoms in total. The Morgan fingerprint density at radius 3 is 2.47 bits per heavy atom. The lowest BCUT2D eigenvalue weighted by Crippen LogP contribution is -2.51. The third kappa shape index (κ3) is 2.48. The zero-order valence-corrected chi connectivity index (χ0v) is 10.8. The first kappa shape index (κ1) is 12.1. The number of nitrogens with one attached hydrogen (secondary N) is 1. The molecule has 1 aliphatic heterocycles. The highest BCUT2D eigenvalue weighted by atomic mass is 127. The summed E-state index contributed by atoms with van der Waals surface area (Å²) in [5.74, 6) is -1.26. The van der Waals surface area contributed by atoms with Gasteiger partial charge in [-0.15, -0.1) is 0 Å². The van der Waals surface area contributed by atoms with Crippen molar-refractivity contribution < 1.29 is 14.0 Å². The molecule has 0 saturated carbocycles. The second-order valence-electron chi connectivity index (χ2n) is 3.65. The normalized spacial score (nSPS) is 16.0. The van der Waals surface area contributed by atoms with E-state index in [1.54, 1.807) is 0 Å². The molecular formula is C10H9FIN3O2. The molecule has 1 fully saturated rings. The zero-order valence-electron chi connectivity index (χ0n) is 8.67. The molecule has 1 saturated heterocycles. The molecule has 17 heavy (non-hydrogen) atoms. The van der Waals surface area contributed by atoms with Crippen molar-refractivity contribution in [2.75, 3.05) is 23.7 Å². The molecule has 0 unspecified atom stereocenters. The minimum atomic E-state index is -0.423. The molecule has 0 atom stereocenters. The predicted molar refractivity (Wildman–Crippen MR) is 68.9 cm³/mol. The molecule has 1 heterocycles. The quantitative estimate of drug-likeness (QED) is 0.439. The number of piperazine rings is 1. The van der Waals surface area contributed by atoms with Crippen LogP contribution >= 0.6 is 22.6 Å². The number of rotatable bonds is 1. The second kappa shape index (κ2) is 4.47. The van der Waals surface area contributed by atoms with Crippen molar-refractivity contribution in [3.63, 3.8) is 0 Å². The number of anilines is 2. The van der Waals surface area contributed by atoms with E-state index in [9.17, 15) is 14.0 Å². The minimum Gasteiger partial charge on any atom is -0.397 e. The number of nitrogens with two attached hydrogens (primary N) is 1. The lowest BCUT2D eigenvalue weighted by Gasteiger charge is -2.28. The number of amides is 2. The van der Waals surface area contributed by atoms with E-state index in [2.05, 4.69) is 5.32 Å². The van der Waals surface area contributed by atoms with Crippen molar-refractivity contribution in [1.82, 2.24) is 5.32 Å². The standard InChI is InChI=1S/C10H9FIN3O2/c11-5-1-8(7(13)2-6(5)12)15-3-9(16)14-10(17)4-15/h1-2H,3-4,13H2,(H,14,16,17). The third-order valence-corrected chi connectivity index (χ3v) is 3.18.